The number of rotatable bonds is 6. The third kappa shape index (κ3) is 3.92. The Morgan fingerprint density at radius 3 is 2.74 bits per heavy atom. The zero-order valence-corrected chi connectivity index (χ0v) is 20.5. The predicted octanol–water partition coefficient (Wildman–Crippen LogP) is 6.17. The first kappa shape index (κ1) is 22.0. The van der Waals surface area contributed by atoms with Crippen molar-refractivity contribution in [1.29, 1.82) is 0 Å². The normalized spacial score (nSPS) is 18.0. The number of para-hydroxylation sites is 1. The van der Waals surface area contributed by atoms with Crippen molar-refractivity contribution in [2.75, 3.05) is 13.3 Å². The molecule has 4 aromatic rings. The first-order chi connectivity index (χ1) is 17.2. The van der Waals surface area contributed by atoms with Crippen LogP contribution in [0.5, 0.6) is 0 Å². The summed E-state index contributed by atoms with van der Waals surface area (Å²) in [4.78, 5) is 17.6. The minimum Gasteiger partial charge on any atom is -0.462 e. The van der Waals surface area contributed by atoms with Gasteiger partial charge in [0.2, 0.25) is 6.79 Å². The summed E-state index contributed by atoms with van der Waals surface area (Å²) < 4.78 is 13.6. The molecule has 35 heavy (non-hydrogen) atoms. The van der Waals surface area contributed by atoms with Gasteiger partial charge in [-0.3, -0.25) is 4.79 Å². The summed E-state index contributed by atoms with van der Waals surface area (Å²) >= 11 is 1.74. The number of carbonyl (C=O) groups is 1. The highest BCUT2D eigenvalue weighted by molar-refractivity contribution is 7.10. The number of carbonyl (C=O) groups excluding carboxylic acids is 1. The van der Waals surface area contributed by atoms with Gasteiger partial charge in [-0.1, -0.05) is 48.5 Å². The Morgan fingerprint density at radius 1 is 1.11 bits per heavy atom. The van der Waals surface area contributed by atoms with E-state index in [-0.39, 0.29) is 24.7 Å². The molecule has 1 amide bonds. The van der Waals surface area contributed by atoms with Gasteiger partial charge in [0.15, 0.2) is 0 Å². The molecule has 0 spiro atoms. The summed E-state index contributed by atoms with van der Waals surface area (Å²) in [7, 11) is 0. The van der Waals surface area contributed by atoms with Crippen molar-refractivity contribution in [2.24, 2.45) is 5.92 Å². The molecule has 2 aliphatic rings. The van der Waals surface area contributed by atoms with E-state index >= 15 is 0 Å². The molecule has 0 aliphatic carbocycles. The molecule has 2 unspecified atom stereocenters. The molecular weight excluding hydrogens is 456 g/mol. The predicted molar refractivity (Wildman–Crippen MR) is 138 cm³/mol. The topological polar surface area (TPSA) is 43.7 Å². The van der Waals surface area contributed by atoms with Crippen molar-refractivity contribution >= 4 is 28.1 Å². The number of aryl methyl sites for hydroxylation is 1. The molecule has 4 heterocycles. The number of hydrogen-bond acceptors (Lipinski definition) is 4. The summed E-state index contributed by atoms with van der Waals surface area (Å²) in [5.74, 6) is 0.852. The van der Waals surface area contributed by atoms with E-state index in [2.05, 4.69) is 64.2 Å². The van der Waals surface area contributed by atoms with E-state index in [4.69, 9.17) is 9.47 Å². The maximum Gasteiger partial charge on any atom is 0.256 e. The van der Waals surface area contributed by atoms with Crippen molar-refractivity contribution < 1.29 is 14.3 Å². The second-order valence-electron chi connectivity index (χ2n) is 9.09. The van der Waals surface area contributed by atoms with Crippen molar-refractivity contribution in [3.8, 4) is 0 Å². The van der Waals surface area contributed by atoms with Crippen LogP contribution in [0.25, 0.3) is 10.9 Å². The van der Waals surface area contributed by atoms with Gasteiger partial charge in [0.25, 0.3) is 5.91 Å². The molecule has 0 saturated carbocycles. The third-order valence-electron chi connectivity index (χ3n) is 7.17. The van der Waals surface area contributed by atoms with E-state index in [1.807, 2.05) is 24.4 Å². The highest BCUT2D eigenvalue weighted by atomic mass is 32.1. The second kappa shape index (κ2) is 9.27. The summed E-state index contributed by atoms with van der Waals surface area (Å²) in [6.07, 6.45) is 5.39. The van der Waals surface area contributed by atoms with Gasteiger partial charge < -0.3 is 18.9 Å². The van der Waals surface area contributed by atoms with Gasteiger partial charge in [-0.2, -0.15) is 0 Å². The fourth-order valence-electron chi connectivity index (χ4n) is 5.48. The molecule has 6 rings (SSSR count). The van der Waals surface area contributed by atoms with Crippen LogP contribution in [0.4, 0.5) is 0 Å². The molecule has 2 atom stereocenters. The minimum atomic E-state index is -0.122. The Kier molecular flexibility index (Phi) is 5.82. The summed E-state index contributed by atoms with van der Waals surface area (Å²) in [5, 5.41) is 3.16. The summed E-state index contributed by atoms with van der Waals surface area (Å²) in [6.45, 7) is 3.84. The molecule has 5 nitrogen and oxygen atoms in total. The molecule has 6 heteroatoms. The van der Waals surface area contributed by atoms with Crippen LogP contribution in [0.2, 0.25) is 0 Å². The van der Waals surface area contributed by atoms with Gasteiger partial charge in [-0.05, 0) is 48.4 Å². The van der Waals surface area contributed by atoms with Gasteiger partial charge in [-0.15, -0.1) is 11.3 Å². The molecule has 2 aromatic carbocycles. The zero-order chi connectivity index (χ0) is 23.8. The van der Waals surface area contributed by atoms with Gasteiger partial charge >= 0.3 is 0 Å². The van der Waals surface area contributed by atoms with E-state index in [0.717, 1.165) is 41.6 Å². The van der Waals surface area contributed by atoms with Crippen molar-refractivity contribution in [3.05, 3.63) is 106 Å². The monoisotopic (exact) mass is 484 g/mol. The highest BCUT2D eigenvalue weighted by Crippen LogP contribution is 2.44. The Balaban J connectivity index is 1.45. The fraction of sp³-hybridized carbons (Fsp3) is 0.276. The van der Waals surface area contributed by atoms with E-state index in [1.165, 1.54) is 16.0 Å². The maximum atomic E-state index is 14.3. The average Bonchev–Trinajstić information content (AvgIpc) is 3.67. The molecule has 0 fully saturated rings. The third-order valence-corrected chi connectivity index (χ3v) is 8.20. The quantitative estimate of drug-likeness (QED) is 0.329. The largest absolute Gasteiger partial charge is 0.462 e. The van der Waals surface area contributed by atoms with E-state index in [9.17, 15) is 4.79 Å². The lowest BCUT2D eigenvalue weighted by atomic mass is 9.84. The van der Waals surface area contributed by atoms with E-state index in [1.54, 1.807) is 17.6 Å². The number of benzene rings is 2. The number of thiophene rings is 1. The molecule has 0 radical (unpaired) electrons. The SMILES string of the molecule is CCn1cc(C(=O)N2CCc3ccsc3C2C(Cc2ccccc2)C2=COCO2)c2ccccc21. The number of ether oxygens (including phenoxy) is 2. The van der Waals surface area contributed by atoms with Crippen LogP contribution in [0.15, 0.2) is 84.3 Å². The number of fused-ring (bicyclic) bond motifs is 2. The van der Waals surface area contributed by atoms with Gasteiger partial charge in [0.1, 0.15) is 12.0 Å². The van der Waals surface area contributed by atoms with Gasteiger partial charge in [0.05, 0.1) is 11.6 Å². The number of nitrogens with zero attached hydrogens (tertiary/aromatic N) is 2. The molecule has 2 aliphatic heterocycles. The zero-order valence-electron chi connectivity index (χ0n) is 19.7. The van der Waals surface area contributed by atoms with Crippen LogP contribution in [-0.4, -0.2) is 28.7 Å². The smallest absolute Gasteiger partial charge is 0.256 e. The Morgan fingerprint density at radius 2 is 1.94 bits per heavy atom. The van der Waals surface area contributed by atoms with Crippen LogP contribution in [0.1, 0.15) is 39.3 Å². The van der Waals surface area contributed by atoms with Crippen molar-refractivity contribution in [1.82, 2.24) is 9.47 Å². The van der Waals surface area contributed by atoms with Crippen LogP contribution >= 0.6 is 11.3 Å². The van der Waals surface area contributed by atoms with E-state index in [0.29, 0.717) is 6.54 Å². The lowest BCUT2D eigenvalue weighted by Crippen LogP contribution is -2.43. The Bertz CT molecular complexity index is 1390. The Hall–Kier alpha value is -3.51. The first-order valence-electron chi connectivity index (χ1n) is 12.2. The molecule has 178 valence electrons. The maximum absolute atomic E-state index is 14.3. The van der Waals surface area contributed by atoms with Crippen LogP contribution in [0, 0.1) is 5.92 Å². The van der Waals surface area contributed by atoms with Gasteiger partial charge in [-0.25, -0.2) is 0 Å². The standard InChI is InChI=1S/C29H28N2O3S/c1-2-30-17-24(22-10-6-7-11-25(22)30)29(32)31-14-12-21-13-15-35-28(21)27(31)23(26-18-33-19-34-26)16-20-8-4-3-5-9-20/h3-11,13,15,17-18,23,27H,2,12,14,16,19H2,1H3. The second-order valence-corrected chi connectivity index (χ2v) is 10.0. The van der Waals surface area contributed by atoms with Gasteiger partial charge in [0, 0.05) is 41.0 Å². The molecule has 0 N–H and O–H groups in total. The lowest BCUT2D eigenvalue weighted by Gasteiger charge is -2.40. The molecule has 0 bridgehead atoms. The molecular formula is C29H28N2O3S. The van der Waals surface area contributed by atoms with Crippen molar-refractivity contribution in [2.45, 2.75) is 32.4 Å². The number of aromatic nitrogens is 1. The number of hydrogen-bond donors (Lipinski definition) is 0. The highest BCUT2D eigenvalue weighted by Gasteiger charge is 2.41. The molecule has 2 aromatic heterocycles. The summed E-state index contributed by atoms with van der Waals surface area (Å²) in [6, 6.07) is 20.7. The fourth-order valence-corrected chi connectivity index (χ4v) is 6.61. The lowest BCUT2D eigenvalue weighted by molar-refractivity contribution is 0.0444. The molecule has 0 saturated heterocycles. The average molecular weight is 485 g/mol. The first-order valence-corrected chi connectivity index (χ1v) is 13.1. The van der Waals surface area contributed by atoms with Crippen molar-refractivity contribution in [3.63, 3.8) is 0 Å². The number of amides is 1. The van der Waals surface area contributed by atoms with E-state index < -0.39 is 0 Å². The van der Waals surface area contributed by atoms with Crippen LogP contribution < -0.4 is 0 Å². The van der Waals surface area contributed by atoms with Crippen LogP contribution in [-0.2, 0) is 28.9 Å². The van der Waals surface area contributed by atoms with Crippen LogP contribution in [0.3, 0.4) is 0 Å². The Labute approximate surface area is 209 Å². The summed E-state index contributed by atoms with van der Waals surface area (Å²) in [5.41, 5.74) is 4.41. The minimum absolute atomic E-state index is 0.0407.